The number of rotatable bonds is 8. The van der Waals surface area contributed by atoms with Gasteiger partial charge in [0.05, 0.1) is 30.2 Å². The predicted molar refractivity (Wildman–Crippen MR) is 118 cm³/mol. The number of aliphatic hydroxyl groups excluding tert-OH is 1. The van der Waals surface area contributed by atoms with E-state index in [9.17, 15) is 18.3 Å². The Labute approximate surface area is 176 Å². The average molecular weight is 425 g/mol. The number of carbonyl (C=O) groups is 1. The molecule has 6 nitrogen and oxygen atoms in total. The first-order valence-corrected chi connectivity index (χ1v) is 11.3. The van der Waals surface area contributed by atoms with Gasteiger partial charge in [0.15, 0.2) is 0 Å². The summed E-state index contributed by atoms with van der Waals surface area (Å²) in [6, 6.07) is 24.7. The van der Waals surface area contributed by atoms with E-state index in [0.29, 0.717) is 5.56 Å². The van der Waals surface area contributed by atoms with Crippen molar-refractivity contribution >= 4 is 21.6 Å². The second-order valence-corrected chi connectivity index (χ2v) is 8.82. The molecular weight excluding hydrogens is 400 g/mol. The topological polar surface area (TPSA) is 86.7 Å². The van der Waals surface area contributed by atoms with Gasteiger partial charge in [-0.25, -0.2) is 8.42 Å². The van der Waals surface area contributed by atoms with E-state index in [2.05, 4.69) is 5.32 Å². The van der Waals surface area contributed by atoms with Crippen LogP contribution in [-0.4, -0.2) is 32.2 Å². The Hall–Kier alpha value is -3.16. The van der Waals surface area contributed by atoms with Crippen LogP contribution >= 0.6 is 0 Å². The standard InChI is InChI=1S/C23H24N2O4S/c1-30(28,29)25(17-18-10-4-2-5-11-18)21-15-9-8-14-20(21)23(27)24-16-22(26)19-12-6-3-7-13-19/h2-15,22,26H,16-17H2,1H3,(H,24,27)/t22-/m0/s1. The molecule has 0 aliphatic heterocycles. The molecular formula is C23H24N2O4S. The third-order valence-corrected chi connectivity index (χ3v) is 5.75. The SMILES string of the molecule is CS(=O)(=O)N(Cc1ccccc1)c1ccccc1C(=O)NC[C@H](O)c1ccccc1. The van der Waals surface area contributed by atoms with Crippen molar-refractivity contribution in [2.75, 3.05) is 17.1 Å². The van der Waals surface area contributed by atoms with Gasteiger partial charge in [-0.2, -0.15) is 0 Å². The fourth-order valence-corrected chi connectivity index (χ4v) is 3.99. The van der Waals surface area contributed by atoms with E-state index in [-0.39, 0.29) is 24.3 Å². The van der Waals surface area contributed by atoms with Gasteiger partial charge in [0.2, 0.25) is 10.0 Å². The smallest absolute Gasteiger partial charge is 0.253 e. The number of aliphatic hydroxyl groups is 1. The summed E-state index contributed by atoms with van der Waals surface area (Å²) in [5.41, 5.74) is 2.00. The van der Waals surface area contributed by atoms with Gasteiger partial charge < -0.3 is 10.4 Å². The molecule has 1 atom stereocenters. The molecule has 3 rings (SSSR count). The third-order valence-electron chi connectivity index (χ3n) is 4.63. The second kappa shape index (κ2) is 9.56. The largest absolute Gasteiger partial charge is 0.387 e. The molecule has 0 saturated heterocycles. The van der Waals surface area contributed by atoms with Crippen molar-refractivity contribution in [1.82, 2.24) is 5.32 Å². The zero-order valence-electron chi connectivity index (χ0n) is 16.6. The molecule has 0 aliphatic rings. The number of carbonyl (C=O) groups excluding carboxylic acids is 1. The molecule has 0 spiro atoms. The van der Waals surface area contributed by atoms with Gasteiger partial charge in [0.25, 0.3) is 5.91 Å². The van der Waals surface area contributed by atoms with Crippen molar-refractivity contribution in [3.63, 3.8) is 0 Å². The van der Waals surface area contributed by atoms with Crippen LogP contribution in [0.3, 0.4) is 0 Å². The summed E-state index contributed by atoms with van der Waals surface area (Å²) in [6.07, 6.45) is 0.252. The van der Waals surface area contributed by atoms with Gasteiger partial charge in [-0.15, -0.1) is 0 Å². The molecule has 7 heteroatoms. The predicted octanol–water partition coefficient (Wildman–Crippen LogP) is 3.12. The third kappa shape index (κ3) is 5.46. The molecule has 0 aromatic heterocycles. The molecule has 0 radical (unpaired) electrons. The number of nitrogens with zero attached hydrogens (tertiary/aromatic N) is 1. The fraction of sp³-hybridized carbons (Fsp3) is 0.174. The van der Waals surface area contributed by atoms with E-state index < -0.39 is 22.0 Å². The van der Waals surface area contributed by atoms with Crippen LogP contribution in [-0.2, 0) is 16.6 Å². The second-order valence-electron chi connectivity index (χ2n) is 6.91. The summed E-state index contributed by atoms with van der Waals surface area (Å²) < 4.78 is 26.2. The van der Waals surface area contributed by atoms with Crippen LogP contribution < -0.4 is 9.62 Å². The van der Waals surface area contributed by atoms with Gasteiger partial charge in [-0.05, 0) is 23.3 Å². The van der Waals surface area contributed by atoms with Crippen LogP contribution in [0.4, 0.5) is 5.69 Å². The highest BCUT2D eigenvalue weighted by atomic mass is 32.2. The molecule has 2 N–H and O–H groups in total. The Balaban J connectivity index is 1.83. The van der Waals surface area contributed by atoms with Crippen molar-refractivity contribution < 1.29 is 18.3 Å². The molecule has 3 aromatic carbocycles. The van der Waals surface area contributed by atoms with Crippen LogP contribution in [0.5, 0.6) is 0 Å². The highest BCUT2D eigenvalue weighted by molar-refractivity contribution is 7.92. The highest BCUT2D eigenvalue weighted by Crippen LogP contribution is 2.25. The normalized spacial score (nSPS) is 12.2. The molecule has 1 amide bonds. The minimum absolute atomic E-state index is 0.00867. The molecule has 3 aromatic rings. The number of amides is 1. The number of para-hydroxylation sites is 1. The number of sulfonamides is 1. The van der Waals surface area contributed by atoms with Crippen LogP contribution in [0.2, 0.25) is 0 Å². The van der Waals surface area contributed by atoms with Crippen molar-refractivity contribution in [3.05, 3.63) is 102 Å². The monoisotopic (exact) mass is 424 g/mol. The number of nitrogens with one attached hydrogen (secondary N) is 1. The summed E-state index contributed by atoms with van der Waals surface area (Å²) >= 11 is 0. The molecule has 0 aliphatic carbocycles. The lowest BCUT2D eigenvalue weighted by Crippen LogP contribution is -2.33. The van der Waals surface area contributed by atoms with Crippen molar-refractivity contribution in [1.29, 1.82) is 0 Å². The summed E-state index contributed by atoms with van der Waals surface area (Å²) in [5, 5.41) is 13.0. The Morgan fingerprint density at radius 3 is 2.13 bits per heavy atom. The highest BCUT2D eigenvalue weighted by Gasteiger charge is 2.23. The zero-order chi connectivity index (χ0) is 21.6. The summed E-state index contributed by atoms with van der Waals surface area (Å²) in [4.78, 5) is 12.8. The van der Waals surface area contributed by atoms with E-state index >= 15 is 0 Å². The first kappa shape index (κ1) is 21.5. The maximum Gasteiger partial charge on any atom is 0.253 e. The van der Waals surface area contributed by atoms with Crippen LogP contribution in [0.25, 0.3) is 0 Å². The van der Waals surface area contributed by atoms with Gasteiger partial charge in [0.1, 0.15) is 0 Å². The fourth-order valence-electron chi connectivity index (χ4n) is 3.09. The number of hydrogen-bond donors (Lipinski definition) is 2. The Morgan fingerprint density at radius 2 is 1.50 bits per heavy atom. The van der Waals surface area contributed by atoms with Gasteiger partial charge in [-0.1, -0.05) is 72.8 Å². The molecule has 0 heterocycles. The van der Waals surface area contributed by atoms with E-state index in [1.54, 1.807) is 36.4 Å². The molecule has 156 valence electrons. The minimum atomic E-state index is -3.64. The number of anilines is 1. The van der Waals surface area contributed by atoms with Crippen LogP contribution in [0, 0.1) is 0 Å². The number of hydrogen-bond acceptors (Lipinski definition) is 4. The van der Waals surface area contributed by atoms with Crippen molar-refractivity contribution in [2.24, 2.45) is 0 Å². The van der Waals surface area contributed by atoms with E-state index in [4.69, 9.17) is 0 Å². The molecule has 0 fully saturated rings. The Morgan fingerprint density at radius 1 is 0.933 bits per heavy atom. The lowest BCUT2D eigenvalue weighted by Gasteiger charge is -2.25. The molecule has 0 saturated carbocycles. The maximum absolute atomic E-state index is 12.8. The van der Waals surface area contributed by atoms with E-state index in [1.165, 1.54) is 4.31 Å². The van der Waals surface area contributed by atoms with Gasteiger partial charge >= 0.3 is 0 Å². The van der Waals surface area contributed by atoms with Crippen molar-refractivity contribution in [3.8, 4) is 0 Å². The average Bonchev–Trinajstić information content (AvgIpc) is 2.76. The van der Waals surface area contributed by atoms with Gasteiger partial charge in [0, 0.05) is 6.54 Å². The molecule has 0 unspecified atom stereocenters. The Kier molecular flexibility index (Phi) is 6.87. The van der Waals surface area contributed by atoms with Crippen LogP contribution in [0.1, 0.15) is 27.6 Å². The summed E-state index contributed by atoms with van der Waals surface area (Å²) in [6.45, 7) is 0.116. The summed E-state index contributed by atoms with van der Waals surface area (Å²) in [5.74, 6) is -0.456. The van der Waals surface area contributed by atoms with Gasteiger partial charge in [-0.3, -0.25) is 9.10 Å². The first-order valence-electron chi connectivity index (χ1n) is 9.48. The van der Waals surface area contributed by atoms with Crippen molar-refractivity contribution in [2.45, 2.75) is 12.6 Å². The summed E-state index contributed by atoms with van der Waals surface area (Å²) in [7, 11) is -3.64. The quantitative estimate of drug-likeness (QED) is 0.582. The number of benzene rings is 3. The van der Waals surface area contributed by atoms with E-state index in [0.717, 1.165) is 11.8 Å². The molecule has 30 heavy (non-hydrogen) atoms. The van der Waals surface area contributed by atoms with E-state index in [1.807, 2.05) is 48.5 Å². The molecule has 0 bridgehead atoms. The maximum atomic E-state index is 12.8. The first-order chi connectivity index (χ1) is 14.4. The van der Waals surface area contributed by atoms with Crippen LogP contribution in [0.15, 0.2) is 84.9 Å². The minimum Gasteiger partial charge on any atom is -0.387 e. The lowest BCUT2D eigenvalue weighted by atomic mass is 10.1. The lowest BCUT2D eigenvalue weighted by molar-refractivity contribution is 0.0917. The zero-order valence-corrected chi connectivity index (χ0v) is 17.4. The Bertz CT molecular complexity index is 1090.